The van der Waals surface area contributed by atoms with Crippen molar-refractivity contribution in [2.24, 2.45) is 0 Å². The number of benzene rings is 3. The van der Waals surface area contributed by atoms with Crippen molar-refractivity contribution in [2.45, 2.75) is 12.1 Å². The van der Waals surface area contributed by atoms with Gasteiger partial charge in [0.15, 0.2) is 11.6 Å². The number of ketones is 1. The number of fused-ring (bicyclic) bond motifs is 5. The number of carbonyl (C=O) groups excluding carboxylic acids is 1. The minimum Gasteiger partial charge on any atom is -0.497 e. The average Bonchev–Trinajstić information content (AvgIpc) is 3.48. The molecule has 1 aliphatic heterocycles. The van der Waals surface area contributed by atoms with E-state index in [0.29, 0.717) is 5.56 Å². The normalized spacial score (nSPS) is 17.0. The lowest BCUT2D eigenvalue weighted by Gasteiger charge is -2.36. The maximum absolute atomic E-state index is 14.0. The van der Waals surface area contributed by atoms with E-state index in [1.807, 2.05) is 91.1 Å². The molecule has 0 unspecified atom stereocenters. The molecule has 0 radical (unpaired) electrons. The van der Waals surface area contributed by atoms with Gasteiger partial charge in [0.25, 0.3) is 0 Å². The van der Waals surface area contributed by atoms with E-state index < -0.39 is 6.04 Å². The van der Waals surface area contributed by atoms with Gasteiger partial charge in [-0.3, -0.25) is 4.79 Å². The fourth-order valence-corrected chi connectivity index (χ4v) is 4.80. The molecule has 1 aliphatic rings. The highest BCUT2D eigenvalue weighted by Crippen LogP contribution is 2.45. The molecular weight excluding hydrogens is 398 g/mol. The second kappa shape index (κ2) is 7.24. The molecule has 3 heterocycles. The first-order valence-electron chi connectivity index (χ1n) is 10.6. The summed E-state index contributed by atoms with van der Waals surface area (Å²) in [4.78, 5) is 18.9. The number of aromatic nitrogens is 3. The van der Waals surface area contributed by atoms with E-state index in [9.17, 15) is 4.79 Å². The summed E-state index contributed by atoms with van der Waals surface area (Å²) in [5.41, 5.74) is 4.61. The number of imidazole rings is 1. The Hall–Kier alpha value is -4.12. The molecule has 2 aromatic heterocycles. The lowest BCUT2D eigenvalue weighted by Crippen LogP contribution is -2.34. The molecular formula is C27H21N3O2. The van der Waals surface area contributed by atoms with Crippen LogP contribution in [0.2, 0.25) is 0 Å². The van der Waals surface area contributed by atoms with Crippen LogP contribution < -0.4 is 4.74 Å². The summed E-state index contributed by atoms with van der Waals surface area (Å²) in [6.45, 7) is 0. The van der Waals surface area contributed by atoms with E-state index in [4.69, 9.17) is 9.72 Å². The maximum Gasteiger partial charge on any atom is 0.188 e. The van der Waals surface area contributed by atoms with Crippen LogP contribution in [0.25, 0.3) is 22.6 Å². The van der Waals surface area contributed by atoms with Crippen LogP contribution in [0.15, 0.2) is 97.2 Å². The molecule has 156 valence electrons. The summed E-state index contributed by atoms with van der Waals surface area (Å²) in [5.74, 6) is 1.73. The zero-order valence-corrected chi connectivity index (χ0v) is 17.6. The molecule has 0 bridgehead atoms. The third-order valence-corrected chi connectivity index (χ3v) is 6.27. The van der Waals surface area contributed by atoms with Crippen LogP contribution in [0.4, 0.5) is 0 Å². The summed E-state index contributed by atoms with van der Waals surface area (Å²) in [7, 11) is 1.66. The van der Waals surface area contributed by atoms with E-state index in [2.05, 4.69) is 15.2 Å². The number of Topliss-reactive ketones (excluding diaryl/α,β-unsaturated/α-hetero) is 1. The van der Waals surface area contributed by atoms with Crippen molar-refractivity contribution < 1.29 is 9.53 Å². The van der Waals surface area contributed by atoms with Gasteiger partial charge in [-0.2, -0.15) is 0 Å². The Morgan fingerprint density at radius 3 is 2.41 bits per heavy atom. The minimum atomic E-state index is -0.444. The minimum absolute atomic E-state index is 0.0762. The first-order chi connectivity index (χ1) is 15.8. The smallest absolute Gasteiger partial charge is 0.188 e. The van der Waals surface area contributed by atoms with Crippen molar-refractivity contribution in [1.82, 2.24) is 14.1 Å². The van der Waals surface area contributed by atoms with Crippen molar-refractivity contribution in [3.8, 4) is 17.3 Å². The number of hydrogen-bond acceptors (Lipinski definition) is 3. The predicted molar refractivity (Wildman–Crippen MR) is 124 cm³/mol. The van der Waals surface area contributed by atoms with Crippen LogP contribution in [-0.2, 0) is 0 Å². The number of para-hydroxylation sites is 2. The molecule has 0 amide bonds. The Labute approximate surface area is 185 Å². The molecule has 0 fully saturated rings. The Kier molecular flexibility index (Phi) is 4.21. The van der Waals surface area contributed by atoms with Crippen LogP contribution >= 0.6 is 0 Å². The number of ether oxygens (including phenoxy) is 1. The van der Waals surface area contributed by atoms with Gasteiger partial charge in [0.1, 0.15) is 11.8 Å². The molecule has 32 heavy (non-hydrogen) atoms. The lowest BCUT2D eigenvalue weighted by molar-refractivity contribution is 0.0895. The summed E-state index contributed by atoms with van der Waals surface area (Å²) in [6.07, 6.45) is 1.99. The number of rotatable bonds is 4. The Balaban J connectivity index is 1.64. The molecule has 5 nitrogen and oxygen atoms in total. The van der Waals surface area contributed by atoms with Gasteiger partial charge in [-0.1, -0.05) is 54.6 Å². The highest BCUT2D eigenvalue weighted by atomic mass is 16.5. The fraction of sp³-hybridized carbons (Fsp3) is 0.111. The van der Waals surface area contributed by atoms with Crippen molar-refractivity contribution in [3.05, 3.63) is 108 Å². The van der Waals surface area contributed by atoms with Gasteiger partial charge in [-0.15, -0.1) is 0 Å². The van der Waals surface area contributed by atoms with Gasteiger partial charge in [-0.25, -0.2) is 4.98 Å². The van der Waals surface area contributed by atoms with Crippen molar-refractivity contribution >= 4 is 16.8 Å². The van der Waals surface area contributed by atoms with E-state index >= 15 is 0 Å². The van der Waals surface area contributed by atoms with E-state index in [-0.39, 0.29) is 11.8 Å². The van der Waals surface area contributed by atoms with E-state index in [0.717, 1.165) is 33.9 Å². The zero-order chi connectivity index (χ0) is 21.7. The van der Waals surface area contributed by atoms with Crippen LogP contribution in [-0.4, -0.2) is 27.0 Å². The lowest BCUT2D eigenvalue weighted by atomic mass is 9.90. The molecule has 5 heteroatoms. The molecule has 0 aliphatic carbocycles. The maximum atomic E-state index is 14.0. The Morgan fingerprint density at radius 1 is 0.875 bits per heavy atom. The molecule has 0 saturated heterocycles. The van der Waals surface area contributed by atoms with Crippen molar-refractivity contribution in [3.63, 3.8) is 0 Å². The third kappa shape index (κ3) is 2.71. The van der Waals surface area contributed by atoms with Crippen LogP contribution in [0.1, 0.15) is 28.0 Å². The molecule has 0 saturated carbocycles. The topological polar surface area (TPSA) is 49.1 Å². The van der Waals surface area contributed by atoms with Crippen LogP contribution in [0.3, 0.4) is 0 Å². The molecule has 0 spiro atoms. The Morgan fingerprint density at radius 2 is 1.62 bits per heavy atom. The standard InChI is InChI=1S/C27H21N3O2/c1-32-20-15-13-18(14-16-20)24-25(26(31)19-8-3-2-4-9-19)29-17-7-12-23(29)27-28-21-10-5-6-11-22(21)30(24)27/h2-17,24-25H,1H3/t24-,25+/m0/s1. The summed E-state index contributed by atoms with van der Waals surface area (Å²) in [6, 6.07) is 28.9. The summed E-state index contributed by atoms with van der Waals surface area (Å²) in [5, 5.41) is 0. The molecule has 6 rings (SSSR count). The molecule has 3 aromatic carbocycles. The highest BCUT2D eigenvalue weighted by molar-refractivity contribution is 6.00. The van der Waals surface area contributed by atoms with Gasteiger partial charge >= 0.3 is 0 Å². The monoisotopic (exact) mass is 419 g/mol. The van der Waals surface area contributed by atoms with Crippen LogP contribution in [0.5, 0.6) is 5.75 Å². The van der Waals surface area contributed by atoms with E-state index in [1.165, 1.54) is 0 Å². The van der Waals surface area contributed by atoms with Crippen LogP contribution in [0, 0.1) is 0 Å². The molecule has 0 N–H and O–H groups in total. The fourth-order valence-electron chi connectivity index (χ4n) is 4.80. The predicted octanol–water partition coefficient (Wildman–Crippen LogP) is 5.54. The third-order valence-electron chi connectivity index (χ3n) is 6.27. The first-order valence-corrected chi connectivity index (χ1v) is 10.6. The average molecular weight is 419 g/mol. The van der Waals surface area contributed by atoms with Gasteiger partial charge in [0, 0.05) is 11.8 Å². The van der Waals surface area contributed by atoms with E-state index in [1.54, 1.807) is 7.11 Å². The van der Waals surface area contributed by atoms with Gasteiger partial charge in [0.05, 0.1) is 29.9 Å². The summed E-state index contributed by atoms with van der Waals surface area (Å²) >= 11 is 0. The number of carbonyl (C=O) groups is 1. The van der Waals surface area contributed by atoms with Gasteiger partial charge < -0.3 is 13.9 Å². The number of methoxy groups -OCH3 is 1. The van der Waals surface area contributed by atoms with Gasteiger partial charge in [-0.05, 0) is 42.0 Å². The number of hydrogen-bond donors (Lipinski definition) is 0. The quantitative estimate of drug-likeness (QED) is 0.359. The molecule has 2 atom stereocenters. The summed E-state index contributed by atoms with van der Waals surface area (Å²) < 4.78 is 9.67. The van der Waals surface area contributed by atoms with Gasteiger partial charge in [0.2, 0.25) is 0 Å². The largest absolute Gasteiger partial charge is 0.497 e. The Bertz CT molecular complexity index is 1430. The highest BCUT2D eigenvalue weighted by Gasteiger charge is 2.40. The molecule has 5 aromatic rings. The zero-order valence-electron chi connectivity index (χ0n) is 17.6. The first kappa shape index (κ1) is 18.6. The second-order valence-corrected chi connectivity index (χ2v) is 7.99. The second-order valence-electron chi connectivity index (χ2n) is 7.99. The van der Waals surface area contributed by atoms with Crippen molar-refractivity contribution in [2.75, 3.05) is 7.11 Å². The SMILES string of the molecule is COc1ccc([C@H]2[C@H](C(=O)c3ccccc3)n3cccc3-c3nc4ccccc4n32)cc1. The van der Waals surface area contributed by atoms with Crippen molar-refractivity contribution in [1.29, 1.82) is 0 Å². The number of nitrogens with zero attached hydrogens (tertiary/aromatic N) is 3.